The molecule has 7 heavy (non-hydrogen) atoms. The molecule has 0 aliphatic carbocycles. The highest BCUT2D eigenvalue weighted by Gasteiger charge is 1.98. The maximum Gasteiger partial charge on any atom is 0.00676 e. The second-order valence-electron chi connectivity index (χ2n) is 1.46. The molecule has 43 valence electrons. The van der Waals surface area contributed by atoms with Crippen molar-refractivity contribution in [2.75, 3.05) is 10.7 Å². The lowest BCUT2D eigenvalue weighted by molar-refractivity contribution is 0.695. The molecular formula is C5H9Br2. The van der Waals surface area contributed by atoms with Gasteiger partial charge in [0.1, 0.15) is 0 Å². The Hall–Kier alpha value is 0.960. The summed E-state index contributed by atoms with van der Waals surface area (Å²) in [5, 5.41) is 2.11. The fourth-order valence-corrected chi connectivity index (χ4v) is 1.92. The summed E-state index contributed by atoms with van der Waals surface area (Å²) in [6, 6.07) is 0. The standard InChI is InChI=1S/C5H9Br2/c1-2-5(3-6)4-7/h5H,1-4H2. The van der Waals surface area contributed by atoms with Crippen molar-refractivity contribution in [1.29, 1.82) is 0 Å². The van der Waals surface area contributed by atoms with E-state index in [1.807, 2.05) is 0 Å². The van der Waals surface area contributed by atoms with Crippen LogP contribution in [0.2, 0.25) is 0 Å². The summed E-state index contributed by atoms with van der Waals surface area (Å²) in [6.45, 7) is 3.77. The molecule has 0 bridgehead atoms. The summed E-state index contributed by atoms with van der Waals surface area (Å²) in [7, 11) is 0. The fourth-order valence-electron chi connectivity index (χ4n) is 0.196. The van der Waals surface area contributed by atoms with Gasteiger partial charge < -0.3 is 0 Å². The predicted molar refractivity (Wildman–Crippen MR) is 41.1 cm³/mol. The third-order valence-electron chi connectivity index (χ3n) is 0.845. The maximum atomic E-state index is 3.77. The molecule has 0 spiro atoms. The Bertz CT molecular complexity index is 27.6. The van der Waals surface area contributed by atoms with Crippen LogP contribution in [0.4, 0.5) is 0 Å². The van der Waals surface area contributed by atoms with E-state index in [1.54, 1.807) is 0 Å². The molecule has 1 radical (unpaired) electrons. The van der Waals surface area contributed by atoms with Crippen molar-refractivity contribution in [3.05, 3.63) is 6.92 Å². The Morgan fingerprint density at radius 1 is 1.29 bits per heavy atom. The molecule has 0 aromatic carbocycles. The highest BCUT2D eigenvalue weighted by atomic mass is 79.9. The van der Waals surface area contributed by atoms with Crippen LogP contribution in [0.15, 0.2) is 0 Å². The fraction of sp³-hybridized carbons (Fsp3) is 0.800. The molecular weight excluding hydrogens is 220 g/mol. The third kappa shape index (κ3) is 3.53. The van der Waals surface area contributed by atoms with Crippen LogP contribution in [-0.4, -0.2) is 10.7 Å². The van der Waals surface area contributed by atoms with Crippen LogP contribution in [0.5, 0.6) is 0 Å². The molecule has 0 aliphatic rings. The Labute approximate surface area is 61.9 Å². The summed E-state index contributed by atoms with van der Waals surface area (Å²) in [6.07, 6.45) is 1.01. The summed E-state index contributed by atoms with van der Waals surface area (Å²) in [4.78, 5) is 0. The molecule has 0 fully saturated rings. The molecule has 0 aromatic heterocycles. The van der Waals surface area contributed by atoms with E-state index in [0.717, 1.165) is 17.1 Å². The van der Waals surface area contributed by atoms with Crippen molar-refractivity contribution in [2.24, 2.45) is 5.92 Å². The first-order valence-electron chi connectivity index (χ1n) is 2.26. The molecule has 0 saturated heterocycles. The van der Waals surface area contributed by atoms with Gasteiger partial charge in [-0.2, -0.15) is 0 Å². The van der Waals surface area contributed by atoms with Gasteiger partial charge in [-0.25, -0.2) is 0 Å². The van der Waals surface area contributed by atoms with Gasteiger partial charge in [0.25, 0.3) is 0 Å². The largest absolute Gasteiger partial charge is 0.0925 e. The molecule has 0 aliphatic heterocycles. The van der Waals surface area contributed by atoms with E-state index in [9.17, 15) is 0 Å². The predicted octanol–water partition coefficient (Wildman–Crippen LogP) is 2.62. The van der Waals surface area contributed by atoms with Crippen molar-refractivity contribution in [3.8, 4) is 0 Å². The first-order valence-corrected chi connectivity index (χ1v) is 4.50. The molecule has 0 heterocycles. The van der Waals surface area contributed by atoms with Crippen molar-refractivity contribution in [3.63, 3.8) is 0 Å². The Kier molecular flexibility index (Phi) is 5.80. The minimum absolute atomic E-state index is 0.708. The molecule has 0 nitrogen and oxygen atoms in total. The summed E-state index contributed by atoms with van der Waals surface area (Å²) in [5.74, 6) is 0.708. The minimum atomic E-state index is 0.708. The van der Waals surface area contributed by atoms with Crippen LogP contribution in [-0.2, 0) is 0 Å². The molecule has 0 saturated carbocycles. The van der Waals surface area contributed by atoms with Gasteiger partial charge in [0.05, 0.1) is 0 Å². The van der Waals surface area contributed by atoms with Crippen molar-refractivity contribution in [1.82, 2.24) is 0 Å². The normalized spacial score (nSPS) is 10.3. The number of rotatable bonds is 3. The Balaban J connectivity index is 2.99. The van der Waals surface area contributed by atoms with E-state index in [0.29, 0.717) is 5.92 Å². The Morgan fingerprint density at radius 3 is 1.71 bits per heavy atom. The van der Waals surface area contributed by atoms with Crippen molar-refractivity contribution in [2.45, 2.75) is 6.42 Å². The van der Waals surface area contributed by atoms with Gasteiger partial charge in [0, 0.05) is 10.7 Å². The Morgan fingerprint density at radius 2 is 1.71 bits per heavy atom. The van der Waals surface area contributed by atoms with Gasteiger partial charge in [-0.1, -0.05) is 38.8 Å². The minimum Gasteiger partial charge on any atom is -0.0925 e. The lowest BCUT2D eigenvalue weighted by Crippen LogP contribution is -1.99. The maximum absolute atomic E-state index is 3.77. The van der Waals surface area contributed by atoms with Gasteiger partial charge in [-0.15, -0.1) is 0 Å². The van der Waals surface area contributed by atoms with Gasteiger partial charge in [-0.3, -0.25) is 0 Å². The highest BCUT2D eigenvalue weighted by molar-refractivity contribution is 9.09. The van der Waals surface area contributed by atoms with Gasteiger partial charge in [0.2, 0.25) is 0 Å². The first kappa shape index (κ1) is 7.96. The summed E-state index contributed by atoms with van der Waals surface area (Å²) >= 11 is 6.73. The zero-order valence-electron chi connectivity index (χ0n) is 4.16. The topological polar surface area (TPSA) is 0 Å². The van der Waals surface area contributed by atoms with Crippen molar-refractivity contribution < 1.29 is 0 Å². The van der Waals surface area contributed by atoms with Crippen LogP contribution in [0.1, 0.15) is 6.42 Å². The SMILES string of the molecule is [CH2]CC(CBr)CBr. The number of alkyl halides is 2. The molecule has 0 rings (SSSR count). The van der Waals surface area contributed by atoms with Crippen LogP contribution < -0.4 is 0 Å². The van der Waals surface area contributed by atoms with Crippen LogP contribution in [0, 0.1) is 12.8 Å². The molecule has 0 aromatic rings. The summed E-state index contributed by atoms with van der Waals surface area (Å²) in [5.41, 5.74) is 0. The quantitative estimate of drug-likeness (QED) is 0.652. The molecule has 0 amide bonds. The average Bonchev–Trinajstić information content (AvgIpc) is 1.72. The monoisotopic (exact) mass is 227 g/mol. The van der Waals surface area contributed by atoms with Crippen LogP contribution >= 0.6 is 31.9 Å². The third-order valence-corrected chi connectivity index (χ3v) is 2.68. The zero-order valence-corrected chi connectivity index (χ0v) is 7.33. The van der Waals surface area contributed by atoms with E-state index in [2.05, 4.69) is 38.8 Å². The number of hydrogen-bond acceptors (Lipinski definition) is 0. The van der Waals surface area contributed by atoms with Crippen LogP contribution in [0.25, 0.3) is 0 Å². The number of hydrogen-bond donors (Lipinski definition) is 0. The average molecular weight is 229 g/mol. The summed E-state index contributed by atoms with van der Waals surface area (Å²) < 4.78 is 0. The molecule has 2 heteroatoms. The van der Waals surface area contributed by atoms with E-state index in [-0.39, 0.29) is 0 Å². The van der Waals surface area contributed by atoms with Gasteiger partial charge in [-0.05, 0) is 12.3 Å². The smallest absolute Gasteiger partial charge is 0.00676 e. The van der Waals surface area contributed by atoms with Crippen molar-refractivity contribution >= 4 is 31.9 Å². The van der Waals surface area contributed by atoms with Gasteiger partial charge >= 0.3 is 0 Å². The lowest BCUT2D eigenvalue weighted by Gasteiger charge is -2.02. The second-order valence-corrected chi connectivity index (χ2v) is 2.76. The molecule has 0 atom stereocenters. The van der Waals surface area contributed by atoms with E-state index >= 15 is 0 Å². The van der Waals surface area contributed by atoms with E-state index in [1.165, 1.54) is 0 Å². The second kappa shape index (κ2) is 5.10. The highest BCUT2D eigenvalue weighted by Crippen LogP contribution is 2.08. The van der Waals surface area contributed by atoms with E-state index < -0.39 is 0 Å². The molecule has 0 N–H and O–H groups in total. The van der Waals surface area contributed by atoms with E-state index in [4.69, 9.17) is 0 Å². The number of halogens is 2. The van der Waals surface area contributed by atoms with Gasteiger partial charge in [0.15, 0.2) is 0 Å². The zero-order chi connectivity index (χ0) is 5.70. The van der Waals surface area contributed by atoms with Crippen LogP contribution in [0.3, 0.4) is 0 Å². The molecule has 0 unspecified atom stereocenters. The first-order chi connectivity index (χ1) is 3.35. The lowest BCUT2D eigenvalue weighted by atomic mass is 10.2.